The monoisotopic (exact) mass is 262 g/mol. The maximum absolute atomic E-state index is 5.71. The quantitative estimate of drug-likeness (QED) is 0.898. The van der Waals surface area contributed by atoms with E-state index in [0.717, 1.165) is 30.1 Å². The Morgan fingerprint density at radius 1 is 1.37 bits per heavy atom. The van der Waals surface area contributed by atoms with Crippen molar-refractivity contribution in [3.8, 4) is 5.88 Å². The topological polar surface area (TPSA) is 64.3 Å². The van der Waals surface area contributed by atoms with Crippen molar-refractivity contribution in [1.82, 2.24) is 9.97 Å². The summed E-state index contributed by atoms with van der Waals surface area (Å²) in [4.78, 5) is 10.5. The number of fused-ring (bicyclic) bond motifs is 2. The maximum Gasteiger partial charge on any atom is 0.225 e. The van der Waals surface area contributed by atoms with Gasteiger partial charge < -0.3 is 15.4 Å². The van der Waals surface area contributed by atoms with E-state index in [1.165, 1.54) is 25.7 Å². The van der Waals surface area contributed by atoms with Crippen LogP contribution in [0.5, 0.6) is 5.88 Å². The predicted octanol–water partition coefficient (Wildman–Crippen LogP) is 1.94. The van der Waals surface area contributed by atoms with E-state index < -0.39 is 0 Å². The SMILES string of the molecule is COc1cc(N(C)CC2CC3CCC2C3)nc(N)n1. The molecule has 2 saturated carbocycles. The number of nitrogens with two attached hydrogens (primary N) is 1. The zero-order chi connectivity index (χ0) is 13.4. The van der Waals surface area contributed by atoms with Gasteiger partial charge in [0.15, 0.2) is 0 Å². The van der Waals surface area contributed by atoms with Crippen LogP contribution in [0.4, 0.5) is 11.8 Å². The van der Waals surface area contributed by atoms with Crippen molar-refractivity contribution >= 4 is 11.8 Å². The number of ether oxygens (including phenoxy) is 1. The third kappa shape index (κ3) is 2.46. The normalized spacial score (nSPS) is 28.6. The minimum atomic E-state index is 0.272. The van der Waals surface area contributed by atoms with Gasteiger partial charge in [-0.15, -0.1) is 0 Å². The molecular formula is C14H22N4O. The number of hydrogen-bond donors (Lipinski definition) is 1. The number of hydrogen-bond acceptors (Lipinski definition) is 5. The molecular weight excluding hydrogens is 240 g/mol. The first-order valence-electron chi connectivity index (χ1n) is 7.05. The summed E-state index contributed by atoms with van der Waals surface area (Å²) >= 11 is 0. The molecule has 2 aliphatic carbocycles. The lowest BCUT2D eigenvalue weighted by Gasteiger charge is -2.28. The van der Waals surface area contributed by atoms with Gasteiger partial charge in [0, 0.05) is 19.7 Å². The molecule has 0 radical (unpaired) electrons. The molecule has 3 rings (SSSR count). The number of rotatable bonds is 4. The molecule has 0 aromatic carbocycles. The van der Waals surface area contributed by atoms with Gasteiger partial charge in [-0.25, -0.2) is 0 Å². The summed E-state index contributed by atoms with van der Waals surface area (Å²) < 4.78 is 5.15. The Kier molecular flexibility index (Phi) is 3.21. The molecule has 0 aliphatic heterocycles. The smallest absolute Gasteiger partial charge is 0.225 e. The molecule has 2 fully saturated rings. The Bertz CT molecular complexity index is 465. The Hall–Kier alpha value is -1.52. The van der Waals surface area contributed by atoms with Crippen molar-refractivity contribution in [1.29, 1.82) is 0 Å². The molecule has 2 bridgehead atoms. The molecule has 3 unspecified atom stereocenters. The van der Waals surface area contributed by atoms with Crippen LogP contribution in [0.15, 0.2) is 6.07 Å². The largest absolute Gasteiger partial charge is 0.481 e. The Labute approximate surface area is 114 Å². The minimum absolute atomic E-state index is 0.272. The van der Waals surface area contributed by atoms with Crippen LogP contribution in [0.3, 0.4) is 0 Å². The second-order valence-electron chi connectivity index (χ2n) is 5.94. The number of anilines is 2. The average molecular weight is 262 g/mol. The summed E-state index contributed by atoms with van der Waals surface area (Å²) in [6.45, 7) is 1.06. The van der Waals surface area contributed by atoms with E-state index in [9.17, 15) is 0 Å². The van der Waals surface area contributed by atoms with Crippen LogP contribution in [-0.4, -0.2) is 30.7 Å². The molecule has 5 heteroatoms. The van der Waals surface area contributed by atoms with Crippen molar-refractivity contribution in [2.24, 2.45) is 17.8 Å². The molecule has 2 N–H and O–H groups in total. The highest BCUT2D eigenvalue weighted by Crippen LogP contribution is 2.48. The van der Waals surface area contributed by atoms with Crippen molar-refractivity contribution in [3.63, 3.8) is 0 Å². The lowest BCUT2D eigenvalue weighted by molar-refractivity contribution is 0.337. The Balaban J connectivity index is 1.70. The van der Waals surface area contributed by atoms with Crippen LogP contribution in [0, 0.1) is 17.8 Å². The van der Waals surface area contributed by atoms with Gasteiger partial charge in [0.1, 0.15) is 5.82 Å². The standard InChI is InChI=1S/C14H22N4O/c1-18(8-11-6-9-3-4-10(11)5-9)12-7-13(19-2)17-14(15)16-12/h7,9-11H,3-6,8H2,1-2H3,(H2,15,16,17). The molecule has 0 spiro atoms. The summed E-state index contributed by atoms with van der Waals surface area (Å²) in [5.41, 5.74) is 5.71. The van der Waals surface area contributed by atoms with Gasteiger partial charge in [-0.1, -0.05) is 6.42 Å². The zero-order valence-corrected chi connectivity index (χ0v) is 11.7. The molecule has 3 atom stereocenters. The second kappa shape index (κ2) is 4.87. The number of nitrogens with zero attached hydrogens (tertiary/aromatic N) is 3. The molecule has 1 aromatic rings. The van der Waals surface area contributed by atoms with Crippen LogP contribution in [0.2, 0.25) is 0 Å². The molecule has 1 aromatic heterocycles. The Morgan fingerprint density at radius 3 is 2.84 bits per heavy atom. The van der Waals surface area contributed by atoms with Crippen molar-refractivity contribution < 1.29 is 4.74 Å². The predicted molar refractivity (Wildman–Crippen MR) is 75.2 cm³/mol. The van der Waals surface area contributed by atoms with Gasteiger partial charge in [0.2, 0.25) is 11.8 Å². The first kappa shape index (κ1) is 12.5. The van der Waals surface area contributed by atoms with Crippen LogP contribution in [0.25, 0.3) is 0 Å². The van der Waals surface area contributed by atoms with E-state index in [-0.39, 0.29) is 5.95 Å². The fourth-order valence-electron chi connectivity index (χ4n) is 3.78. The fraction of sp³-hybridized carbons (Fsp3) is 0.714. The summed E-state index contributed by atoms with van der Waals surface area (Å²) in [7, 11) is 3.68. The van der Waals surface area contributed by atoms with Crippen molar-refractivity contribution in [2.45, 2.75) is 25.7 Å². The fourth-order valence-corrected chi connectivity index (χ4v) is 3.78. The van der Waals surface area contributed by atoms with Gasteiger partial charge in [0.05, 0.1) is 7.11 Å². The van der Waals surface area contributed by atoms with E-state index >= 15 is 0 Å². The first-order valence-corrected chi connectivity index (χ1v) is 7.05. The minimum Gasteiger partial charge on any atom is -0.481 e. The van der Waals surface area contributed by atoms with Crippen LogP contribution < -0.4 is 15.4 Å². The van der Waals surface area contributed by atoms with Crippen LogP contribution >= 0.6 is 0 Å². The van der Waals surface area contributed by atoms with E-state index in [0.29, 0.717) is 5.88 Å². The molecule has 104 valence electrons. The highest BCUT2D eigenvalue weighted by atomic mass is 16.5. The maximum atomic E-state index is 5.71. The van der Waals surface area contributed by atoms with E-state index in [4.69, 9.17) is 10.5 Å². The average Bonchev–Trinajstić information content (AvgIpc) is 3.00. The summed E-state index contributed by atoms with van der Waals surface area (Å²) in [5, 5.41) is 0. The van der Waals surface area contributed by atoms with Crippen LogP contribution in [0.1, 0.15) is 25.7 Å². The third-order valence-electron chi connectivity index (χ3n) is 4.70. The first-order chi connectivity index (χ1) is 9.15. The lowest BCUT2D eigenvalue weighted by Crippen LogP contribution is -2.29. The highest BCUT2D eigenvalue weighted by Gasteiger charge is 2.39. The third-order valence-corrected chi connectivity index (χ3v) is 4.70. The number of nitrogen functional groups attached to an aromatic ring is 1. The Morgan fingerprint density at radius 2 is 2.21 bits per heavy atom. The van der Waals surface area contributed by atoms with E-state index in [2.05, 4.69) is 21.9 Å². The van der Waals surface area contributed by atoms with E-state index in [1.54, 1.807) is 7.11 Å². The molecule has 19 heavy (non-hydrogen) atoms. The molecule has 0 saturated heterocycles. The van der Waals surface area contributed by atoms with E-state index in [1.807, 2.05) is 6.07 Å². The number of methoxy groups -OCH3 is 1. The summed E-state index contributed by atoms with van der Waals surface area (Å²) in [6, 6.07) is 1.85. The molecule has 1 heterocycles. The van der Waals surface area contributed by atoms with Gasteiger partial charge in [-0.05, 0) is 37.0 Å². The second-order valence-corrected chi connectivity index (χ2v) is 5.94. The van der Waals surface area contributed by atoms with Gasteiger partial charge in [-0.3, -0.25) is 0 Å². The lowest BCUT2D eigenvalue weighted by atomic mass is 9.88. The van der Waals surface area contributed by atoms with Crippen molar-refractivity contribution in [3.05, 3.63) is 6.07 Å². The zero-order valence-electron chi connectivity index (χ0n) is 11.7. The van der Waals surface area contributed by atoms with Crippen molar-refractivity contribution in [2.75, 3.05) is 31.3 Å². The molecule has 0 amide bonds. The highest BCUT2D eigenvalue weighted by molar-refractivity contribution is 5.44. The number of aromatic nitrogens is 2. The molecule has 2 aliphatic rings. The summed E-state index contributed by atoms with van der Waals surface area (Å²) in [6.07, 6.45) is 5.68. The molecule has 5 nitrogen and oxygen atoms in total. The van der Waals surface area contributed by atoms with Gasteiger partial charge in [-0.2, -0.15) is 9.97 Å². The van der Waals surface area contributed by atoms with Gasteiger partial charge in [0.25, 0.3) is 0 Å². The summed E-state index contributed by atoms with van der Waals surface area (Å²) in [5.74, 6) is 4.37. The van der Waals surface area contributed by atoms with Gasteiger partial charge >= 0.3 is 0 Å². The van der Waals surface area contributed by atoms with Crippen LogP contribution in [-0.2, 0) is 0 Å².